The van der Waals surface area contributed by atoms with Gasteiger partial charge in [0.15, 0.2) is 5.78 Å². The lowest BCUT2D eigenvalue weighted by atomic mass is 9.84. The first-order valence-corrected chi connectivity index (χ1v) is 10.7. The van der Waals surface area contributed by atoms with E-state index in [0.29, 0.717) is 16.1 Å². The number of pyridine rings is 1. The second-order valence-electron chi connectivity index (χ2n) is 7.96. The standard InChI is InChI=1S/C26H18ClNO5/c1-28-20-5-3-2-4-15(20)12-19(26(28)32)18-13-22(29)33-21-11-10-17(25(31)23(18)21)24(30)14-6-8-16(27)9-7-14/h2-12,18,31H,13H2,1H3/t18-/m0/s1. The van der Waals surface area contributed by atoms with Gasteiger partial charge >= 0.3 is 5.97 Å². The van der Waals surface area contributed by atoms with Crippen LogP contribution in [0.15, 0.2) is 71.5 Å². The maximum absolute atomic E-state index is 13.2. The molecule has 1 aromatic heterocycles. The Morgan fingerprint density at radius 1 is 1.06 bits per heavy atom. The largest absolute Gasteiger partial charge is 0.507 e. The van der Waals surface area contributed by atoms with Gasteiger partial charge in [0.05, 0.1) is 17.5 Å². The van der Waals surface area contributed by atoms with Crippen molar-refractivity contribution in [1.82, 2.24) is 4.57 Å². The first-order chi connectivity index (χ1) is 15.8. The Kier molecular flexibility index (Phi) is 5.02. The minimum absolute atomic E-state index is 0.0524. The number of rotatable bonds is 3. The van der Waals surface area contributed by atoms with E-state index in [-0.39, 0.29) is 34.6 Å². The number of carbonyl (C=O) groups is 2. The third-order valence-electron chi connectivity index (χ3n) is 6.01. The average Bonchev–Trinajstić information content (AvgIpc) is 2.81. The number of hydrogen-bond acceptors (Lipinski definition) is 5. The highest BCUT2D eigenvalue weighted by Crippen LogP contribution is 2.45. The quantitative estimate of drug-likeness (QED) is 0.275. The van der Waals surface area contributed by atoms with Crippen LogP contribution in [0.5, 0.6) is 11.5 Å². The average molecular weight is 460 g/mol. The number of fused-ring (bicyclic) bond motifs is 2. The summed E-state index contributed by atoms with van der Waals surface area (Å²) in [4.78, 5) is 38.7. The molecule has 3 aromatic carbocycles. The number of aromatic nitrogens is 1. The number of phenolic OH excluding ortho intramolecular Hbond substituents is 1. The van der Waals surface area contributed by atoms with Crippen LogP contribution < -0.4 is 10.3 Å². The predicted octanol–water partition coefficient (Wildman–Crippen LogP) is 4.57. The molecule has 0 spiro atoms. The fourth-order valence-corrected chi connectivity index (χ4v) is 4.48. The Hall–Kier alpha value is -3.90. The molecular formula is C26H18ClNO5. The van der Waals surface area contributed by atoms with Gasteiger partial charge in [-0.05, 0) is 53.9 Å². The third-order valence-corrected chi connectivity index (χ3v) is 6.26. The summed E-state index contributed by atoms with van der Waals surface area (Å²) >= 11 is 5.92. The fourth-order valence-electron chi connectivity index (χ4n) is 4.35. The monoisotopic (exact) mass is 459 g/mol. The van der Waals surface area contributed by atoms with Gasteiger partial charge in [-0.3, -0.25) is 14.4 Å². The number of aromatic hydroxyl groups is 1. The van der Waals surface area contributed by atoms with Crippen LogP contribution in [0, 0.1) is 0 Å². The molecule has 0 fully saturated rings. The minimum atomic E-state index is -0.762. The van der Waals surface area contributed by atoms with Crippen molar-refractivity contribution in [3.63, 3.8) is 0 Å². The summed E-state index contributed by atoms with van der Waals surface area (Å²) < 4.78 is 6.86. The van der Waals surface area contributed by atoms with Crippen molar-refractivity contribution in [2.24, 2.45) is 7.05 Å². The van der Waals surface area contributed by atoms with Gasteiger partial charge in [0.2, 0.25) is 0 Å². The molecule has 4 aromatic rings. The van der Waals surface area contributed by atoms with Crippen LogP contribution >= 0.6 is 11.6 Å². The molecule has 1 aliphatic rings. The van der Waals surface area contributed by atoms with Crippen LogP contribution in [-0.2, 0) is 11.8 Å². The third kappa shape index (κ3) is 3.49. The fraction of sp³-hybridized carbons (Fsp3) is 0.115. The SMILES string of the molecule is Cn1c(=O)c([C@@H]2CC(=O)Oc3ccc(C(=O)c4ccc(Cl)cc4)c(O)c32)cc2ccccc21. The molecule has 6 nitrogen and oxygen atoms in total. The molecular weight excluding hydrogens is 442 g/mol. The second kappa shape index (κ2) is 7.90. The zero-order valence-corrected chi connectivity index (χ0v) is 18.3. The predicted molar refractivity (Wildman–Crippen MR) is 124 cm³/mol. The maximum Gasteiger partial charge on any atom is 0.312 e. The molecule has 1 aliphatic heterocycles. The van der Waals surface area contributed by atoms with E-state index in [2.05, 4.69) is 0 Å². The van der Waals surface area contributed by atoms with E-state index in [1.165, 1.54) is 16.7 Å². The van der Waals surface area contributed by atoms with Crippen LogP contribution in [0.25, 0.3) is 10.9 Å². The lowest BCUT2D eigenvalue weighted by Gasteiger charge is -2.26. The maximum atomic E-state index is 13.2. The van der Waals surface area contributed by atoms with E-state index >= 15 is 0 Å². The molecule has 0 bridgehead atoms. The molecule has 0 saturated carbocycles. The smallest absolute Gasteiger partial charge is 0.312 e. The van der Waals surface area contributed by atoms with Crippen LogP contribution in [-0.4, -0.2) is 21.4 Å². The Morgan fingerprint density at radius 2 is 1.79 bits per heavy atom. The number of nitrogens with zero attached hydrogens (tertiary/aromatic N) is 1. The first kappa shape index (κ1) is 21.0. The molecule has 2 heterocycles. The van der Waals surface area contributed by atoms with Crippen LogP contribution in [0.4, 0.5) is 0 Å². The number of carbonyl (C=O) groups excluding carboxylic acids is 2. The number of ether oxygens (including phenoxy) is 1. The zero-order valence-electron chi connectivity index (χ0n) is 17.5. The van der Waals surface area contributed by atoms with Gasteiger partial charge in [0.1, 0.15) is 11.5 Å². The summed E-state index contributed by atoms with van der Waals surface area (Å²) in [6.07, 6.45) is -0.132. The van der Waals surface area contributed by atoms with Gasteiger partial charge in [-0.2, -0.15) is 0 Å². The number of benzene rings is 3. The van der Waals surface area contributed by atoms with Crippen molar-refractivity contribution < 1.29 is 19.4 Å². The Morgan fingerprint density at radius 3 is 2.55 bits per heavy atom. The van der Waals surface area contributed by atoms with Crippen molar-refractivity contribution >= 4 is 34.3 Å². The first-order valence-electron chi connectivity index (χ1n) is 10.3. The highest BCUT2D eigenvalue weighted by Gasteiger charge is 2.35. The van der Waals surface area contributed by atoms with E-state index in [1.807, 2.05) is 24.3 Å². The highest BCUT2D eigenvalue weighted by atomic mass is 35.5. The number of hydrogen-bond donors (Lipinski definition) is 1. The van der Waals surface area contributed by atoms with Crippen LogP contribution in [0.3, 0.4) is 0 Å². The van der Waals surface area contributed by atoms with E-state index in [0.717, 1.165) is 10.9 Å². The molecule has 0 saturated heterocycles. The van der Waals surface area contributed by atoms with E-state index in [1.54, 1.807) is 37.4 Å². The lowest BCUT2D eigenvalue weighted by molar-refractivity contribution is -0.135. The molecule has 0 aliphatic carbocycles. The van der Waals surface area contributed by atoms with Crippen molar-refractivity contribution in [2.45, 2.75) is 12.3 Å². The van der Waals surface area contributed by atoms with Crippen LogP contribution in [0.2, 0.25) is 5.02 Å². The molecule has 7 heteroatoms. The summed E-state index contributed by atoms with van der Waals surface area (Å²) in [5, 5.41) is 12.5. The van der Waals surface area contributed by atoms with Crippen molar-refractivity contribution in [2.75, 3.05) is 0 Å². The highest BCUT2D eigenvalue weighted by molar-refractivity contribution is 6.30. The molecule has 1 N–H and O–H groups in total. The van der Waals surface area contributed by atoms with Gasteiger partial charge < -0.3 is 14.4 Å². The lowest BCUT2D eigenvalue weighted by Crippen LogP contribution is -2.29. The number of ketones is 1. The number of para-hydroxylation sites is 1. The summed E-state index contributed by atoms with van der Waals surface area (Å²) in [7, 11) is 1.66. The Balaban J connectivity index is 1.70. The van der Waals surface area contributed by atoms with Gasteiger partial charge in [-0.1, -0.05) is 29.8 Å². The Labute approximate surface area is 193 Å². The van der Waals surface area contributed by atoms with Gasteiger partial charge in [-0.15, -0.1) is 0 Å². The Bertz CT molecular complexity index is 1500. The molecule has 0 unspecified atom stereocenters. The molecule has 33 heavy (non-hydrogen) atoms. The summed E-state index contributed by atoms with van der Waals surface area (Å²) in [5.74, 6) is -1.85. The van der Waals surface area contributed by atoms with Gasteiger partial charge in [0, 0.05) is 34.7 Å². The molecule has 5 rings (SSSR count). The number of esters is 1. The van der Waals surface area contributed by atoms with Crippen LogP contribution in [0.1, 0.15) is 39.4 Å². The summed E-state index contributed by atoms with van der Waals surface area (Å²) in [6, 6.07) is 18.4. The van der Waals surface area contributed by atoms with E-state index < -0.39 is 17.7 Å². The normalized spacial score (nSPS) is 15.2. The summed E-state index contributed by atoms with van der Waals surface area (Å²) in [6.45, 7) is 0. The second-order valence-corrected chi connectivity index (χ2v) is 8.40. The number of halogens is 1. The van der Waals surface area contributed by atoms with Crippen molar-refractivity contribution in [3.05, 3.63) is 104 Å². The van der Waals surface area contributed by atoms with E-state index in [4.69, 9.17) is 16.3 Å². The number of aryl methyl sites for hydroxylation is 1. The van der Waals surface area contributed by atoms with Gasteiger partial charge in [-0.25, -0.2) is 0 Å². The molecule has 0 radical (unpaired) electrons. The molecule has 0 amide bonds. The topological polar surface area (TPSA) is 85.6 Å². The minimum Gasteiger partial charge on any atom is -0.507 e. The summed E-state index contributed by atoms with van der Waals surface area (Å²) in [5.41, 5.74) is 1.47. The van der Waals surface area contributed by atoms with Gasteiger partial charge in [0.25, 0.3) is 5.56 Å². The number of phenols is 1. The van der Waals surface area contributed by atoms with E-state index in [9.17, 15) is 19.5 Å². The van der Waals surface area contributed by atoms with Crippen molar-refractivity contribution in [1.29, 1.82) is 0 Å². The van der Waals surface area contributed by atoms with Crippen molar-refractivity contribution in [3.8, 4) is 11.5 Å². The zero-order chi connectivity index (χ0) is 23.3. The molecule has 1 atom stereocenters. The molecule has 164 valence electrons.